The summed E-state index contributed by atoms with van der Waals surface area (Å²) in [7, 11) is 0. The van der Waals surface area contributed by atoms with Gasteiger partial charge in [0.2, 0.25) is 0 Å². The van der Waals surface area contributed by atoms with Crippen molar-refractivity contribution in [1.82, 2.24) is 0 Å². The van der Waals surface area contributed by atoms with Crippen LogP contribution in [0, 0.1) is 51.2 Å². The molecule has 10 unspecified atom stereocenters. The maximum atomic E-state index is 12.2. The van der Waals surface area contributed by atoms with Crippen LogP contribution in [0.1, 0.15) is 107 Å². The van der Waals surface area contributed by atoms with E-state index >= 15 is 0 Å². The number of ether oxygens (including phenoxy) is 2. The average molecular weight is 623 g/mol. The Hall–Kier alpha value is -0.580. The molecule has 0 radical (unpaired) electrons. The number of hydrogen-bond acceptors (Lipinski definition) is 8. The van der Waals surface area contributed by atoms with Gasteiger partial charge >= 0.3 is 0 Å². The lowest BCUT2D eigenvalue weighted by atomic mass is 9.35. The van der Waals surface area contributed by atoms with Crippen molar-refractivity contribution in [3.8, 4) is 0 Å². The van der Waals surface area contributed by atoms with E-state index < -0.39 is 43.4 Å². The zero-order chi connectivity index (χ0) is 32.6. The first-order valence-corrected chi connectivity index (χ1v) is 17.4. The molecule has 16 atom stereocenters. The van der Waals surface area contributed by atoms with Gasteiger partial charge < -0.3 is 40.1 Å². The van der Waals surface area contributed by atoms with Crippen LogP contribution in [-0.4, -0.2) is 86.3 Å². The molecule has 0 amide bonds. The zero-order valence-electron chi connectivity index (χ0n) is 28.4. The average Bonchev–Trinajstić information content (AvgIpc) is 3.33. The minimum absolute atomic E-state index is 0.00451. The highest BCUT2D eigenvalue weighted by atomic mass is 16.7. The molecule has 5 rings (SSSR count). The summed E-state index contributed by atoms with van der Waals surface area (Å²) in [4.78, 5) is 0. The van der Waals surface area contributed by atoms with Crippen LogP contribution in [0.25, 0.3) is 0 Å². The van der Waals surface area contributed by atoms with E-state index in [0.29, 0.717) is 11.8 Å². The third-order valence-corrected chi connectivity index (χ3v) is 14.4. The summed E-state index contributed by atoms with van der Waals surface area (Å²) in [5, 5.41) is 64.9. The van der Waals surface area contributed by atoms with Crippen molar-refractivity contribution in [2.75, 3.05) is 6.61 Å². The standard InChI is InChI=1S/C36H62O8/c1-19(2)9-10-20(3)31(44-32-30(42)29(41)28(40)23(18-37)43-32)21-11-15-36(8)27(21)22(38)17-25-34(6)14-13-26(39)33(4,5)24(34)12-16-35(25,36)7/h9,20-32,37-42H,10-18H2,1-8H3/t20-,21?,22-,23?,24?,25?,26+,27?,28?,29?,30?,31?,32?,34+,35-,36-/m1/s1. The van der Waals surface area contributed by atoms with E-state index in [1.807, 2.05) is 0 Å². The largest absolute Gasteiger partial charge is 0.394 e. The molecule has 254 valence electrons. The highest BCUT2D eigenvalue weighted by Gasteiger charge is 2.71. The Morgan fingerprint density at radius 3 is 2.16 bits per heavy atom. The summed E-state index contributed by atoms with van der Waals surface area (Å²) < 4.78 is 12.5. The lowest BCUT2D eigenvalue weighted by Gasteiger charge is -2.70. The van der Waals surface area contributed by atoms with E-state index in [1.165, 1.54) is 5.57 Å². The van der Waals surface area contributed by atoms with Crippen molar-refractivity contribution in [1.29, 1.82) is 0 Å². The molecule has 0 bridgehead atoms. The molecule has 5 aliphatic rings. The van der Waals surface area contributed by atoms with Crippen LogP contribution >= 0.6 is 0 Å². The van der Waals surface area contributed by atoms with Gasteiger partial charge in [0.05, 0.1) is 24.9 Å². The van der Waals surface area contributed by atoms with Gasteiger partial charge in [-0.2, -0.15) is 0 Å². The Morgan fingerprint density at radius 2 is 1.52 bits per heavy atom. The van der Waals surface area contributed by atoms with Gasteiger partial charge in [-0.05, 0) is 116 Å². The molecule has 4 aliphatic carbocycles. The van der Waals surface area contributed by atoms with Crippen LogP contribution in [0.3, 0.4) is 0 Å². The summed E-state index contributed by atoms with van der Waals surface area (Å²) in [5.41, 5.74) is 0.998. The highest BCUT2D eigenvalue weighted by molar-refractivity contribution is 5.19. The minimum Gasteiger partial charge on any atom is -0.394 e. The van der Waals surface area contributed by atoms with Crippen LogP contribution in [0.5, 0.6) is 0 Å². The molecule has 44 heavy (non-hydrogen) atoms. The summed E-state index contributed by atoms with van der Waals surface area (Å²) >= 11 is 0. The van der Waals surface area contributed by atoms with E-state index in [9.17, 15) is 30.6 Å². The fourth-order valence-electron chi connectivity index (χ4n) is 11.7. The number of hydrogen-bond donors (Lipinski definition) is 6. The van der Waals surface area contributed by atoms with Crippen molar-refractivity contribution in [2.45, 2.75) is 156 Å². The minimum atomic E-state index is -1.50. The van der Waals surface area contributed by atoms with E-state index in [-0.39, 0.29) is 51.6 Å². The van der Waals surface area contributed by atoms with Gasteiger partial charge in [-0.3, -0.25) is 0 Å². The fraction of sp³-hybridized carbons (Fsp3) is 0.944. The predicted molar refractivity (Wildman–Crippen MR) is 168 cm³/mol. The number of aliphatic hydroxyl groups is 6. The molecule has 4 saturated carbocycles. The number of allylic oxidation sites excluding steroid dienone is 2. The van der Waals surface area contributed by atoms with Gasteiger partial charge in [0.15, 0.2) is 6.29 Å². The third kappa shape index (κ3) is 5.26. The summed E-state index contributed by atoms with van der Waals surface area (Å²) in [6.07, 6.45) is 1.70. The predicted octanol–water partition coefficient (Wildman–Crippen LogP) is 4.18. The molecule has 0 aromatic rings. The Bertz CT molecular complexity index is 1060. The van der Waals surface area contributed by atoms with Gasteiger partial charge in [-0.15, -0.1) is 0 Å². The van der Waals surface area contributed by atoms with E-state index in [2.05, 4.69) is 61.5 Å². The first-order chi connectivity index (χ1) is 20.4. The van der Waals surface area contributed by atoms with Crippen LogP contribution < -0.4 is 0 Å². The third-order valence-electron chi connectivity index (χ3n) is 14.4. The fourth-order valence-corrected chi connectivity index (χ4v) is 11.7. The van der Waals surface area contributed by atoms with Gasteiger partial charge in [0, 0.05) is 0 Å². The monoisotopic (exact) mass is 622 g/mol. The smallest absolute Gasteiger partial charge is 0.186 e. The van der Waals surface area contributed by atoms with Crippen molar-refractivity contribution in [2.24, 2.45) is 51.2 Å². The van der Waals surface area contributed by atoms with E-state index in [4.69, 9.17) is 9.47 Å². The molecule has 1 aliphatic heterocycles. The molecule has 0 aromatic carbocycles. The first kappa shape index (κ1) is 34.7. The SMILES string of the molecule is CC(C)=CC[C@@H](C)C(OC1OC(CO)C(O)C(O)C1O)C1CC[C@]2(C)C1[C@H](O)CC1[C@@]3(C)CC[C@H](O)C(C)(C)C3CC[C@]12C. The Kier molecular flexibility index (Phi) is 9.59. The van der Waals surface area contributed by atoms with Crippen molar-refractivity contribution >= 4 is 0 Å². The lowest BCUT2D eigenvalue weighted by Crippen LogP contribution is -2.66. The maximum absolute atomic E-state index is 12.2. The molecule has 6 N–H and O–H groups in total. The van der Waals surface area contributed by atoms with E-state index in [0.717, 1.165) is 51.4 Å². The molecule has 1 heterocycles. The van der Waals surface area contributed by atoms with Gasteiger partial charge in [0.1, 0.15) is 24.4 Å². The van der Waals surface area contributed by atoms with Crippen molar-refractivity contribution < 1.29 is 40.1 Å². The molecular formula is C36H62O8. The van der Waals surface area contributed by atoms with Crippen LogP contribution in [-0.2, 0) is 9.47 Å². The molecule has 0 aromatic heterocycles. The number of rotatable bonds is 7. The Morgan fingerprint density at radius 1 is 0.864 bits per heavy atom. The van der Waals surface area contributed by atoms with Gasteiger partial charge in [0.25, 0.3) is 0 Å². The first-order valence-electron chi connectivity index (χ1n) is 17.4. The molecule has 5 fully saturated rings. The quantitative estimate of drug-likeness (QED) is 0.233. The topological polar surface area (TPSA) is 140 Å². The van der Waals surface area contributed by atoms with Crippen LogP contribution in [0.15, 0.2) is 11.6 Å². The van der Waals surface area contributed by atoms with Crippen molar-refractivity contribution in [3.05, 3.63) is 11.6 Å². The Balaban J connectivity index is 1.48. The number of fused-ring (bicyclic) bond motifs is 5. The van der Waals surface area contributed by atoms with Crippen molar-refractivity contribution in [3.63, 3.8) is 0 Å². The second-order valence-corrected chi connectivity index (χ2v) is 17.2. The van der Waals surface area contributed by atoms with Crippen LogP contribution in [0.4, 0.5) is 0 Å². The Labute approximate surface area is 265 Å². The summed E-state index contributed by atoms with van der Waals surface area (Å²) in [6.45, 7) is 17.6. The molecular weight excluding hydrogens is 560 g/mol. The summed E-state index contributed by atoms with van der Waals surface area (Å²) in [6, 6.07) is 0. The zero-order valence-corrected chi connectivity index (χ0v) is 28.4. The second-order valence-electron chi connectivity index (χ2n) is 17.2. The highest BCUT2D eigenvalue weighted by Crippen LogP contribution is 2.75. The van der Waals surface area contributed by atoms with Gasteiger partial charge in [-0.25, -0.2) is 0 Å². The van der Waals surface area contributed by atoms with Crippen LogP contribution in [0.2, 0.25) is 0 Å². The van der Waals surface area contributed by atoms with E-state index in [1.54, 1.807) is 0 Å². The summed E-state index contributed by atoms with van der Waals surface area (Å²) in [5.74, 6) is 0.804. The molecule has 1 saturated heterocycles. The number of aliphatic hydroxyl groups excluding tert-OH is 6. The molecule has 0 spiro atoms. The maximum Gasteiger partial charge on any atom is 0.186 e. The molecule has 8 nitrogen and oxygen atoms in total. The lowest BCUT2D eigenvalue weighted by molar-refractivity contribution is -0.322. The second kappa shape index (κ2) is 12.1. The normalized spacial score (nSPS) is 51.5. The molecule has 8 heteroatoms. The van der Waals surface area contributed by atoms with Gasteiger partial charge in [-0.1, -0.05) is 53.2 Å².